The van der Waals surface area contributed by atoms with Crippen molar-refractivity contribution < 1.29 is 14.3 Å². The molecule has 0 aliphatic carbocycles. The monoisotopic (exact) mass is 380 g/mol. The Morgan fingerprint density at radius 2 is 1.96 bits per heavy atom. The third kappa shape index (κ3) is 5.37. The topological polar surface area (TPSA) is 59.9 Å². The number of ether oxygens (including phenoxy) is 2. The second-order valence-electron chi connectivity index (χ2n) is 5.09. The number of rotatable bonds is 7. The van der Waals surface area contributed by atoms with Crippen LogP contribution >= 0.6 is 23.2 Å². The van der Waals surface area contributed by atoms with E-state index in [1.807, 2.05) is 6.92 Å². The summed E-state index contributed by atoms with van der Waals surface area (Å²) in [5, 5.41) is 4.91. The van der Waals surface area contributed by atoms with E-state index in [0.717, 1.165) is 6.42 Å². The Morgan fingerprint density at radius 3 is 2.60 bits per heavy atom. The maximum atomic E-state index is 12.0. The summed E-state index contributed by atoms with van der Waals surface area (Å²) in [4.78, 5) is 12.0. The van der Waals surface area contributed by atoms with Crippen LogP contribution in [0.25, 0.3) is 0 Å². The molecular weight excluding hydrogens is 363 g/mol. The van der Waals surface area contributed by atoms with Crippen LogP contribution in [0.4, 0.5) is 0 Å². The van der Waals surface area contributed by atoms with Gasteiger partial charge in [-0.15, -0.1) is 0 Å². The van der Waals surface area contributed by atoms with Crippen molar-refractivity contribution in [2.24, 2.45) is 5.10 Å². The van der Waals surface area contributed by atoms with Gasteiger partial charge in [-0.25, -0.2) is 5.43 Å². The first-order chi connectivity index (χ1) is 12.0. The highest BCUT2D eigenvalue weighted by Gasteiger charge is 2.11. The third-order valence-electron chi connectivity index (χ3n) is 3.19. The maximum absolute atomic E-state index is 12.0. The summed E-state index contributed by atoms with van der Waals surface area (Å²) in [6.45, 7) is 2.55. The smallest absolute Gasteiger partial charge is 0.271 e. The van der Waals surface area contributed by atoms with Crippen molar-refractivity contribution in [2.45, 2.75) is 13.3 Å². The Balaban J connectivity index is 2.08. The van der Waals surface area contributed by atoms with Crippen LogP contribution in [0, 0.1) is 0 Å². The minimum absolute atomic E-state index is 0.339. The second-order valence-corrected chi connectivity index (χ2v) is 5.93. The highest BCUT2D eigenvalue weighted by Crippen LogP contribution is 2.36. The van der Waals surface area contributed by atoms with Gasteiger partial charge >= 0.3 is 0 Å². The van der Waals surface area contributed by atoms with Gasteiger partial charge in [0.25, 0.3) is 5.91 Å². The van der Waals surface area contributed by atoms with E-state index in [-0.39, 0.29) is 5.91 Å². The summed E-state index contributed by atoms with van der Waals surface area (Å²) in [6, 6.07) is 9.93. The van der Waals surface area contributed by atoms with Gasteiger partial charge < -0.3 is 9.47 Å². The lowest BCUT2D eigenvalue weighted by molar-refractivity contribution is 0.0955. The van der Waals surface area contributed by atoms with Gasteiger partial charge in [0, 0.05) is 10.6 Å². The molecule has 0 bridgehead atoms. The van der Waals surface area contributed by atoms with E-state index in [2.05, 4.69) is 10.5 Å². The number of nitrogens with zero attached hydrogens (tertiary/aromatic N) is 1. The number of nitrogens with one attached hydrogen (secondary N) is 1. The number of halogens is 2. The van der Waals surface area contributed by atoms with Crippen LogP contribution in [0.3, 0.4) is 0 Å². The van der Waals surface area contributed by atoms with Gasteiger partial charge in [-0.3, -0.25) is 4.79 Å². The lowest BCUT2D eigenvalue weighted by atomic mass is 10.2. The van der Waals surface area contributed by atoms with E-state index in [9.17, 15) is 4.79 Å². The van der Waals surface area contributed by atoms with E-state index >= 15 is 0 Å². The summed E-state index contributed by atoms with van der Waals surface area (Å²) in [7, 11) is 1.54. The minimum atomic E-state index is -0.339. The van der Waals surface area contributed by atoms with Gasteiger partial charge in [-0.2, -0.15) is 5.10 Å². The van der Waals surface area contributed by atoms with Crippen LogP contribution < -0.4 is 14.9 Å². The largest absolute Gasteiger partial charge is 0.493 e. The van der Waals surface area contributed by atoms with E-state index in [1.54, 1.807) is 36.4 Å². The highest BCUT2D eigenvalue weighted by molar-refractivity contribution is 6.32. The molecule has 2 aromatic rings. The average Bonchev–Trinajstić information content (AvgIpc) is 2.61. The molecular formula is C18H18Cl2N2O3. The molecule has 0 heterocycles. The van der Waals surface area contributed by atoms with Crippen molar-refractivity contribution in [2.75, 3.05) is 13.7 Å². The summed E-state index contributed by atoms with van der Waals surface area (Å²) in [6.07, 6.45) is 2.34. The van der Waals surface area contributed by atoms with Crippen LogP contribution in [-0.4, -0.2) is 25.8 Å². The van der Waals surface area contributed by atoms with Gasteiger partial charge in [-0.1, -0.05) is 30.1 Å². The normalized spacial score (nSPS) is 10.7. The van der Waals surface area contributed by atoms with Gasteiger partial charge in [0.05, 0.1) is 25.0 Å². The van der Waals surface area contributed by atoms with Crippen LogP contribution in [0.5, 0.6) is 11.5 Å². The highest BCUT2D eigenvalue weighted by atomic mass is 35.5. The molecule has 0 aliphatic rings. The van der Waals surface area contributed by atoms with Crippen LogP contribution in [0.2, 0.25) is 10.0 Å². The van der Waals surface area contributed by atoms with Gasteiger partial charge in [0.15, 0.2) is 11.5 Å². The van der Waals surface area contributed by atoms with E-state index in [4.69, 9.17) is 32.7 Å². The standard InChI is InChI=1S/C18H18Cl2N2O3/c1-3-8-25-17-15(20)9-12(10-16(17)24-2)11-21-22-18(23)13-4-6-14(19)7-5-13/h4-7,9-11H,3,8H2,1-2H3,(H,22,23)/b21-11-. The molecule has 0 aliphatic heterocycles. The summed E-state index contributed by atoms with van der Waals surface area (Å²) in [5.74, 6) is 0.661. The zero-order valence-electron chi connectivity index (χ0n) is 13.9. The molecule has 132 valence electrons. The van der Waals surface area contributed by atoms with Crippen molar-refractivity contribution in [3.63, 3.8) is 0 Å². The Kier molecular flexibility index (Phi) is 7.10. The van der Waals surface area contributed by atoms with Crippen molar-refractivity contribution >= 4 is 35.3 Å². The number of carbonyl (C=O) groups excluding carboxylic acids is 1. The molecule has 1 N–H and O–H groups in total. The van der Waals surface area contributed by atoms with Crippen molar-refractivity contribution in [3.05, 3.63) is 57.6 Å². The number of benzene rings is 2. The first-order valence-corrected chi connectivity index (χ1v) is 8.40. The van der Waals surface area contributed by atoms with Crippen molar-refractivity contribution in [1.29, 1.82) is 0 Å². The van der Waals surface area contributed by atoms with E-state index < -0.39 is 0 Å². The molecule has 0 aromatic heterocycles. The van der Waals surface area contributed by atoms with Crippen molar-refractivity contribution in [1.82, 2.24) is 5.43 Å². The lowest BCUT2D eigenvalue weighted by Gasteiger charge is -2.12. The Morgan fingerprint density at radius 1 is 1.24 bits per heavy atom. The molecule has 2 rings (SSSR count). The lowest BCUT2D eigenvalue weighted by Crippen LogP contribution is -2.17. The molecule has 7 heteroatoms. The third-order valence-corrected chi connectivity index (χ3v) is 3.72. The fourth-order valence-corrected chi connectivity index (χ4v) is 2.39. The molecule has 0 unspecified atom stereocenters. The summed E-state index contributed by atoms with van der Waals surface area (Å²) >= 11 is 12.0. The van der Waals surface area contributed by atoms with Gasteiger partial charge in [0.2, 0.25) is 0 Å². The van der Waals surface area contributed by atoms with Crippen molar-refractivity contribution in [3.8, 4) is 11.5 Å². The molecule has 0 spiro atoms. The summed E-state index contributed by atoms with van der Waals surface area (Å²) in [5.41, 5.74) is 3.57. The quantitative estimate of drug-likeness (QED) is 0.565. The second kappa shape index (κ2) is 9.30. The Labute approximate surface area is 156 Å². The molecule has 1 amide bonds. The summed E-state index contributed by atoms with van der Waals surface area (Å²) < 4.78 is 10.9. The maximum Gasteiger partial charge on any atom is 0.271 e. The van der Waals surface area contributed by atoms with Gasteiger partial charge in [-0.05, 0) is 48.4 Å². The minimum Gasteiger partial charge on any atom is -0.493 e. The van der Waals surface area contributed by atoms with Crippen LogP contribution in [0.15, 0.2) is 41.5 Å². The number of amides is 1. The average molecular weight is 381 g/mol. The zero-order chi connectivity index (χ0) is 18.2. The Bertz CT molecular complexity index is 762. The van der Waals surface area contributed by atoms with E-state index in [0.29, 0.717) is 39.3 Å². The number of methoxy groups -OCH3 is 1. The zero-order valence-corrected chi connectivity index (χ0v) is 15.4. The number of hydrogen-bond acceptors (Lipinski definition) is 4. The first kappa shape index (κ1) is 19.1. The number of hydrazone groups is 1. The fourth-order valence-electron chi connectivity index (χ4n) is 1.99. The molecule has 0 atom stereocenters. The molecule has 2 aromatic carbocycles. The SMILES string of the molecule is CCCOc1c(Cl)cc(/C=N\NC(=O)c2ccc(Cl)cc2)cc1OC. The molecule has 25 heavy (non-hydrogen) atoms. The number of hydrogen-bond donors (Lipinski definition) is 1. The molecule has 0 fully saturated rings. The Hall–Kier alpha value is -2.24. The number of carbonyl (C=O) groups is 1. The van der Waals surface area contributed by atoms with Crippen LogP contribution in [-0.2, 0) is 0 Å². The predicted octanol–water partition coefficient (Wildman–Crippen LogP) is 4.55. The van der Waals surface area contributed by atoms with E-state index in [1.165, 1.54) is 13.3 Å². The predicted molar refractivity (Wildman–Crippen MR) is 100 cm³/mol. The molecule has 0 saturated carbocycles. The fraction of sp³-hybridized carbons (Fsp3) is 0.222. The molecule has 0 saturated heterocycles. The molecule has 0 radical (unpaired) electrons. The molecule has 5 nitrogen and oxygen atoms in total. The van der Waals surface area contributed by atoms with Gasteiger partial charge in [0.1, 0.15) is 0 Å². The van der Waals surface area contributed by atoms with Crippen LogP contribution in [0.1, 0.15) is 29.3 Å². The first-order valence-electron chi connectivity index (χ1n) is 7.64.